The Bertz CT molecular complexity index is 621. The summed E-state index contributed by atoms with van der Waals surface area (Å²) < 4.78 is 5.12. The molecule has 1 aromatic heterocycles. The summed E-state index contributed by atoms with van der Waals surface area (Å²) in [5.41, 5.74) is 2.63. The molecule has 0 N–H and O–H groups in total. The van der Waals surface area contributed by atoms with Crippen molar-refractivity contribution in [3.8, 4) is 11.4 Å². The van der Waals surface area contributed by atoms with E-state index >= 15 is 0 Å². The van der Waals surface area contributed by atoms with Gasteiger partial charge in [-0.25, -0.2) is 14.8 Å². The van der Waals surface area contributed by atoms with E-state index in [2.05, 4.69) is 16.9 Å². The largest absolute Gasteiger partial charge is 0.462 e. The molecule has 4 nitrogen and oxygen atoms in total. The molecule has 0 spiro atoms. The Labute approximate surface area is 144 Å². The molecule has 128 valence electrons. The first-order valence-electron chi connectivity index (χ1n) is 8.83. The number of nitrogens with zero attached hydrogens (tertiary/aromatic N) is 2. The van der Waals surface area contributed by atoms with Crippen molar-refractivity contribution in [2.24, 2.45) is 0 Å². The number of hydrogen-bond acceptors (Lipinski definition) is 4. The van der Waals surface area contributed by atoms with Crippen molar-refractivity contribution in [2.45, 2.75) is 52.4 Å². The van der Waals surface area contributed by atoms with Gasteiger partial charge in [-0.3, -0.25) is 0 Å². The van der Waals surface area contributed by atoms with Gasteiger partial charge in [-0.05, 0) is 37.0 Å². The number of hydrogen-bond donors (Lipinski definition) is 0. The molecule has 0 saturated heterocycles. The molecule has 1 heterocycles. The SMILES string of the molecule is CCCCCCc1cnc(-c2ccc(C(=O)OCCC)cc2)nc1. The Hall–Kier alpha value is -2.23. The molecule has 1 aromatic carbocycles. The van der Waals surface area contributed by atoms with E-state index in [-0.39, 0.29) is 5.97 Å². The highest BCUT2D eigenvalue weighted by molar-refractivity contribution is 5.89. The molecule has 0 fully saturated rings. The lowest BCUT2D eigenvalue weighted by Crippen LogP contribution is -2.05. The third kappa shape index (κ3) is 5.44. The first kappa shape index (κ1) is 18.1. The van der Waals surface area contributed by atoms with Crippen LogP contribution in [0.25, 0.3) is 11.4 Å². The summed E-state index contributed by atoms with van der Waals surface area (Å²) in [6.45, 7) is 4.64. The third-order valence-corrected chi connectivity index (χ3v) is 3.84. The van der Waals surface area contributed by atoms with Crippen LogP contribution in [-0.2, 0) is 11.2 Å². The molecule has 0 aliphatic heterocycles. The van der Waals surface area contributed by atoms with Gasteiger partial charge in [0.1, 0.15) is 0 Å². The number of benzene rings is 1. The van der Waals surface area contributed by atoms with Gasteiger partial charge in [0.15, 0.2) is 5.82 Å². The number of carbonyl (C=O) groups excluding carboxylic acids is 1. The van der Waals surface area contributed by atoms with Gasteiger partial charge in [0.25, 0.3) is 0 Å². The summed E-state index contributed by atoms with van der Waals surface area (Å²) in [6.07, 6.45) is 10.6. The van der Waals surface area contributed by atoms with E-state index in [0.717, 1.165) is 18.4 Å². The van der Waals surface area contributed by atoms with Crippen molar-refractivity contribution in [3.63, 3.8) is 0 Å². The predicted molar refractivity (Wildman–Crippen MR) is 95.9 cm³/mol. The second kappa shape index (κ2) is 9.81. The van der Waals surface area contributed by atoms with Crippen LogP contribution >= 0.6 is 0 Å². The molecule has 0 unspecified atom stereocenters. The van der Waals surface area contributed by atoms with Crippen LogP contribution in [0.3, 0.4) is 0 Å². The van der Waals surface area contributed by atoms with Crippen LogP contribution in [0.2, 0.25) is 0 Å². The average Bonchev–Trinajstić information content (AvgIpc) is 2.64. The average molecular weight is 326 g/mol. The number of ether oxygens (including phenoxy) is 1. The number of esters is 1. The van der Waals surface area contributed by atoms with E-state index in [4.69, 9.17) is 4.74 Å². The fourth-order valence-corrected chi connectivity index (χ4v) is 2.42. The Morgan fingerprint density at radius 1 is 0.958 bits per heavy atom. The molecule has 4 heteroatoms. The lowest BCUT2D eigenvalue weighted by Gasteiger charge is -2.05. The molecule has 0 radical (unpaired) electrons. The predicted octanol–water partition coefficient (Wildman–Crippen LogP) is 4.83. The molecule has 2 rings (SSSR count). The van der Waals surface area contributed by atoms with Gasteiger partial charge in [-0.2, -0.15) is 0 Å². The third-order valence-electron chi connectivity index (χ3n) is 3.84. The van der Waals surface area contributed by atoms with Crippen LogP contribution in [0.5, 0.6) is 0 Å². The van der Waals surface area contributed by atoms with Gasteiger partial charge >= 0.3 is 5.97 Å². The fraction of sp³-hybridized carbons (Fsp3) is 0.450. The van der Waals surface area contributed by atoms with E-state index in [1.807, 2.05) is 31.5 Å². The van der Waals surface area contributed by atoms with E-state index in [1.54, 1.807) is 12.1 Å². The van der Waals surface area contributed by atoms with Crippen molar-refractivity contribution in [1.29, 1.82) is 0 Å². The van der Waals surface area contributed by atoms with Crippen LogP contribution < -0.4 is 0 Å². The smallest absolute Gasteiger partial charge is 0.338 e. The molecule has 0 aliphatic rings. The van der Waals surface area contributed by atoms with E-state index in [9.17, 15) is 4.79 Å². The van der Waals surface area contributed by atoms with Crippen molar-refractivity contribution < 1.29 is 9.53 Å². The van der Waals surface area contributed by atoms with Crippen molar-refractivity contribution in [3.05, 3.63) is 47.8 Å². The Morgan fingerprint density at radius 2 is 1.67 bits per heavy atom. The minimum Gasteiger partial charge on any atom is -0.462 e. The second-order valence-corrected chi connectivity index (χ2v) is 5.94. The number of aromatic nitrogens is 2. The highest BCUT2D eigenvalue weighted by atomic mass is 16.5. The lowest BCUT2D eigenvalue weighted by atomic mass is 10.1. The Balaban J connectivity index is 1.95. The maximum absolute atomic E-state index is 11.8. The molecular formula is C20H26N2O2. The molecule has 0 bridgehead atoms. The van der Waals surface area contributed by atoms with Gasteiger partial charge in [-0.15, -0.1) is 0 Å². The molecule has 24 heavy (non-hydrogen) atoms. The van der Waals surface area contributed by atoms with E-state index in [1.165, 1.54) is 31.2 Å². The highest BCUT2D eigenvalue weighted by Crippen LogP contribution is 2.16. The van der Waals surface area contributed by atoms with Gasteiger partial charge in [0.2, 0.25) is 0 Å². The number of unbranched alkanes of at least 4 members (excludes halogenated alkanes) is 3. The van der Waals surface area contributed by atoms with E-state index < -0.39 is 0 Å². The zero-order valence-electron chi connectivity index (χ0n) is 14.6. The summed E-state index contributed by atoms with van der Waals surface area (Å²) in [5.74, 6) is 0.396. The standard InChI is InChI=1S/C20H26N2O2/c1-3-5-6-7-8-16-14-21-19(22-15-16)17-9-11-18(12-10-17)20(23)24-13-4-2/h9-12,14-15H,3-8,13H2,1-2H3. The number of carbonyl (C=O) groups is 1. The highest BCUT2D eigenvalue weighted by Gasteiger charge is 2.08. The summed E-state index contributed by atoms with van der Waals surface area (Å²) in [4.78, 5) is 20.7. The second-order valence-electron chi connectivity index (χ2n) is 5.94. The van der Waals surface area contributed by atoms with Crippen LogP contribution in [0.4, 0.5) is 0 Å². The van der Waals surface area contributed by atoms with Crippen LogP contribution in [0.1, 0.15) is 61.9 Å². The molecule has 0 saturated carbocycles. The molecular weight excluding hydrogens is 300 g/mol. The minimum atomic E-state index is -0.285. The summed E-state index contributed by atoms with van der Waals surface area (Å²) in [6, 6.07) is 7.24. The Kier molecular flexibility index (Phi) is 7.40. The summed E-state index contributed by atoms with van der Waals surface area (Å²) in [5, 5.41) is 0. The Morgan fingerprint density at radius 3 is 2.29 bits per heavy atom. The fourth-order valence-electron chi connectivity index (χ4n) is 2.42. The summed E-state index contributed by atoms with van der Waals surface area (Å²) in [7, 11) is 0. The maximum atomic E-state index is 11.8. The minimum absolute atomic E-state index is 0.285. The monoisotopic (exact) mass is 326 g/mol. The quantitative estimate of drug-likeness (QED) is 0.489. The first-order chi connectivity index (χ1) is 11.7. The maximum Gasteiger partial charge on any atom is 0.338 e. The topological polar surface area (TPSA) is 52.1 Å². The molecule has 0 atom stereocenters. The van der Waals surface area contributed by atoms with Crippen LogP contribution in [-0.4, -0.2) is 22.5 Å². The van der Waals surface area contributed by atoms with Gasteiger partial charge in [-0.1, -0.05) is 45.2 Å². The van der Waals surface area contributed by atoms with Crippen LogP contribution in [0.15, 0.2) is 36.7 Å². The van der Waals surface area contributed by atoms with Crippen molar-refractivity contribution in [1.82, 2.24) is 9.97 Å². The van der Waals surface area contributed by atoms with Gasteiger partial charge in [0.05, 0.1) is 12.2 Å². The zero-order valence-corrected chi connectivity index (χ0v) is 14.6. The molecule has 2 aromatic rings. The summed E-state index contributed by atoms with van der Waals surface area (Å²) >= 11 is 0. The van der Waals surface area contributed by atoms with Crippen molar-refractivity contribution in [2.75, 3.05) is 6.61 Å². The zero-order chi connectivity index (χ0) is 17.2. The normalized spacial score (nSPS) is 10.6. The van der Waals surface area contributed by atoms with E-state index in [0.29, 0.717) is 18.0 Å². The van der Waals surface area contributed by atoms with Crippen molar-refractivity contribution >= 4 is 5.97 Å². The number of aryl methyl sites for hydroxylation is 1. The molecule has 0 aliphatic carbocycles. The lowest BCUT2D eigenvalue weighted by molar-refractivity contribution is 0.0505. The van der Waals surface area contributed by atoms with Gasteiger partial charge < -0.3 is 4.74 Å². The first-order valence-corrected chi connectivity index (χ1v) is 8.83. The van der Waals surface area contributed by atoms with Crippen LogP contribution in [0, 0.1) is 0 Å². The molecule has 0 amide bonds. The van der Waals surface area contributed by atoms with Gasteiger partial charge in [0, 0.05) is 18.0 Å². The number of rotatable bonds is 9.